The molecule has 0 aromatic carbocycles. The summed E-state index contributed by atoms with van der Waals surface area (Å²) < 4.78 is 0. The van der Waals surface area contributed by atoms with E-state index >= 15 is 0 Å². The van der Waals surface area contributed by atoms with Gasteiger partial charge in [0.05, 0.1) is 38.6 Å². The number of ketones is 2. The topological polar surface area (TPSA) is 292 Å². The van der Waals surface area contributed by atoms with Gasteiger partial charge in [-0.3, -0.25) is 72.4 Å². The SMILES string of the molecule is CSCC[C@H](CC(=O)C1CCC(CNC(=O)CN2CCN(CC(=O)O)CCN(CC(=O)O)CCN(CC(=O)O)CC2)CC1)C(=O)NCC(=O)C[C@@H](CCCCN1C(=O)C=CC1=O)C(=O)O. The summed E-state index contributed by atoms with van der Waals surface area (Å²) in [6.45, 7) is 1.66. The number of nitrogens with zero attached hydrogens (tertiary/aromatic N) is 5. The Morgan fingerprint density at radius 2 is 1.14 bits per heavy atom. The number of carbonyl (C=O) groups is 10. The Balaban J connectivity index is 1.45. The molecule has 364 valence electrons. The van der Waals surface area contributed by atoms with Crippen LogP contribution in [0.3, 0.4) is 0 Å². The van der Waals surface area contributed by atoms with Gasteiger partial charge in [0, 0.05) is 102 Å². The van der Waals surface area contributed by atoms with Crippen LogP contribution in [0.25, 0.3) is 0 Å². The third-order valence-electron chi connectivity index (χ3n) is 12.1. The predicted molar refractivity (Wildman–Crippen MR) is 237 cm³/mol. The normalized spacial score (nSPS) is 20.6. The van der Waals surface area contributed by atoms with Gasteiger partial charge in [-0.05, 0) is 62.9 Å². The molecule has 3 aliphatic rings. The number of rotatable bonds is 27. The summed E-state index contributed by atoms with van der Waals surface area (Å²) in [6.07, 6.45) is 7.81. The van der Waals surface area contributed by atoms with E-state index in [2.05, 4.69) is 10.6 Å². The standard InChI is InChI=1S/C43H67N7O14S/c1-65-21-11-32(42(62)45-25-34(51)22-33(43(63)64)4-2-3-12-50-37(54)9-10-38(50)55)23-35(52)31-7-5-30(6-8-31)24-44-36(53)26-46-13-15-47(27-39(56)57)17-19-49(29-41(60)61)20-18-48(16-14-46)28-40(58)59/h9-10,30-33H,2-8,11-29H2,1H3,(H,44,53)(H,45,62)(H,56,57)(H,58,59)(H,60,61)(H,63,64)/t30?,31?,32-,33-/m1/s1. The number of unbranched alkanes of at least 4 members (excludes halogenated alkanes) is 1. The first-order valence-electron chi connectivity index (χ1n) is 22.3. The molecule has 0 aromatic heterocycles. The Morgan fingerprint density at radius 3 is 1.60 bits per heavy atom. The van der Waals surface area contributed by atoms with Crippen molar-refractivity contribution in [2.24, 2.45) is 23.7 Å². The molecule has 1 saturated heterocycles. The molecule has 0 unspecified atom stereocenters. The van der Waals surface area contributed by atoms with Gasteiger partial charge in [-0.1, -0.05) is 6.42 Å². The van der Waals surface area contributed by atoms with Crippen molar-refractivity contribution in [2.45, 2.75) is 64.2 Å². The molecule has 4 amide bonds. The Morgan fingerprint density at radius 1 is 0.646 bits per heavy atom. The number of hydrogen-bond donors (Lipinski definition) is 6. The quantitative estimate of drug-likeness (QED) is 0.0451. The summed E-state index contributed by atoms with van der Waals surface area (Å²) in [7, 11) is 0. The third-order valence-corrected chi connectivity index (χ3v) is 12.8. The smallest absolute Gasteiger partial charge is 0.317 e. The number of carbonyl (C=O) groups excluding carboxylic acids is 6. The summed E-state index contributed by atoms with van der Waals surface area (Å²) in [5.41, 5.74) is 0. The lowest BCUT2D eigenvalue weighted by Gasteiger charge is -2.33. The number of aliphatic carboxylic acids is 4. The molecule has 0 radical (unpaired) electrons. The van der Waals surface area contributed by atoms with E-state index < -0.39 is 59.2 Å². The summed E-state index contributed by atoms with van der Waals surface area (Å²) in [6, 6.07) is 0. The van der Waals surface area contributed by atoms with Crippen LogP contribution in [-0.4, -0.2) is 214 Å². The van der Waals surface area contributed by atoms with Gasteiger partial charge in [0.25, 0.3) is 11.8 Å². The maximum absolute atomic E-state index is 13.5. The zero-order chi connectivity index (χ0) is 47.9. The fourth-order valence-corrected chi connectivity index (χ4v) is 8.81. The molecule has 0 aromatic rings. The van der Waals surface area contributed by atoms with Gasteiger partial charge < -0.3 is 31.1 Å². The highest BCUT2D eigenvalue weighted by Crippen LogP contribution is 2.31. The highest BCUT2D eigenvalue weighted by molar-refractivity contribution is 7.98. The zero-order valence-electron chi connectivity index (χ0n) is 37.4. The van der Waals surface area contributed by atoms with Gasteiger partial charge >= 0.3 is 23.9 Å². The second-order valence-electron chi connectivity index (χ2n) is 17.1. The van der Waals surface area contributed by atoms with E-state index in [9.17, 15) is 68.4 Å². The average Bonchev–Trinajstić information content (AvgIpc) is 3.57. The zero-order valence-corrected chi connectivity index (χ0v) is 38.2. The van der Waals surface area contributed by atoms with Crippen molar-refractivity contribution < 1.29 is 68.4 Å². The van der Waals surface area contributed by atoms with Crippen LogP contribution < -0.4 is 10.6 Å². The fraction of sp³-hybridized carbons (Fsp3) is 0.721. The highest BCUT2D eigenvalue weighted by atomic mass is 32.2. The van der Waals surface area contributed by atoms with Crippen molar-refractivity contribution in [3.63, 3.8) is 0 Å². The van der Waals surface area contributed by atoms with Gasteiger partial charge in [-0.2, -0.15) is 11.8 Å². The van der Waals surface area contributed by atoms with Crippen molar-refractivity contribution in [3.8, 4) is 0 Å². The summed E-state index contributed by atoms with van der Waals surface area (Å²) in [5.74, 6) is -7.50. The van der Waals surface area contributed by atoms with Crippen molar-refractivity contribution in [1.82, 2.24) is 35.1 Å². The van der Waals surface area contributed by atoms with Gasteiger partial charge in [-0.25, -0.2) is 0 Å². The van der Waals surface area contributed by atoms with Crippen molar-refractivity contribution >= 4 is 70.8 Å². The molecule has 2 aliphatic heterocycles. The minimum atomic E-state index is -1.16. The van der Waals surface area contributed by atoms with E-state index in [0.717, 1.165) is 4.90 Å². The maximum atomic E-state index is 13.5. The Bertz CT molecular complexity index is 1660. The van der Waals surface area contributed by atoms with Crippen LogP contribution in [0.15, 0.2) is 12.2 Å². The van der Waals surface area contributed by atoms with Crippen LogP contribution in [0, 0.1) is 23.7 Å². The molecule has 0 spiro atoms. The third kappa shape index (κ3) is 21.4. The molecule has 0 bridgehead atoms. The molecule has 65 heavy (non-hydrogen) atoms. The Kier molecular flexibility index (Phi) is 24.3. The first-order valence-corrected chi connectivity index (χ1v) is 23.7. The van der Waals surface area contributed by atoms with Gasteiger partial charge in [0.2, 0.25) is 11.8 Å². The van der Waals surface area contributed by atoms with Crippen molar-refractivity contribution in [2.75, 3.05) is 110 Å². The minimum Gasteiger partial charge on any atom is -0.481 e. The average molecular weight is 938 g/mol. The highest BCUT2D eigenvalue weighted by Gasteiger charge is 2.31. The lowest BCUT2D eigenvalue weighted by molar-refractivity contribution is -0.144. The van der Waals surface area contributed by atoms with Crippen LogP contribution >= 0.6 is 11.8 Å². The van der Waals surface area contributed by atoms with E-state index in [-0.39, 0.29) is 108 Å². The number of amides is 4. The van der Waals surface area contributed by atoms with Gasteiger partial charge in [0.15, 0.2) is 5.78 Å². The minimum absolute atomic E-state index is 0.00263. The lowest BCUT2D eigenvalue weighted by atomic mass is 9.78. The van der Waals surface area contributed by atoms with E-state index in [1.807, 2.05) is 11.2 Å². The van der Waals surface area contributed by atoms with Crippen LogP contribution in [-0.2, 0) is 47.9 Å². The van der Waals surface area contributed by atoms with Gasteiger partial charge in [-0.15, -0.1) is 0 Å². The second-order valence-corrected chi connectivity index (χ2v) is 18.1. The number of carboxylic acid groups (broad SMARTS) is 4. The molecular weight excluding hydrogens is 871 g/mol. The number of nitrogens with one attached hydrogen (secondary N) is 2. The molecular formula is C43H67N7O14S. The molecule has 2 fully saturated rings. The summed E-state index contributed by atoms with van der Waals surface area (Å²) in [5, 5.41) is 43.6. The molecule has 22 heteroatoms. The second kappa shape index (κ2) is 29.0. The first kappa shape index (κ1) is 54.6. The summed E-state index contributed by atoms with van der Waals surface area (Å²) in [4.78, 5) is 131. The van der Waals surface area contributed by atoms with E-state index in [4.69, 9.17) is 0 Å². The number of Topliss-reactive ketones (excluding diaryl/α,β-unsaturated/α-hetero) is 2. The molecule has 2 heterocycles. The number of hydrogen-bond acceptors (Lipinski definition) is 15. The molecule has 1 saturated carbocycles. The predicted octanol–water partition coefficient (Wildman–Crippen LogP) is -0.416. The van der Waals surface area contributed by atoms with Gasteiger partial charge in [0.1, 0.15) is 5.78 Å². The molecule has 6 N–H and O–H groups in total. The number of imide groups is 1. The molecule has 2 atom stereocenters. The number of thioether (sulfide) groups is 1. The summed E-state index contributed by atoms with van der Waals surface area (Å²) >= 11 is 1.52. The Labute approximate surface area is 383 Å². The van der Waals surface area contributed by atoms with E-state index in [1.54, 1.807) is 14.7 Å². The molecule has 3 rings (SSSR count). The van der Waals surface area contributed by atoms with Crippen LogP contribution in [0.5, 0.6) is 0 Å². The van der Waals surface area contributed by atoms with Crippen LogP contribution in [0.2, 0.25) is 0 Å². The molecule has 21 nitrogen and oxygen atoms in total. The first-order chi connectivity index (χ1) is 30.9. The van der Waals surface area contributed by atoms with E-state index in [1.165, 1.54) is 23.9 Å². The number of carboxylic acids is 4. The van der Waals surface area contributed by atoms with Crippen molar-refractivity contribution in [3.05, 3.63) is 12.2 Å². The monoisotopic (exact) mass is 937 g/mol. The van der Waals surface area contributed by atoms with Crippen LogP contribution in [0.1, 0.15) is 64.2 Å². The van der Waals surface area contributed by atoms with Crippen molar-refractivity contribution in [1.29, 1.82) is 0 Å². The fourth-order valence-electron chi connectivity index (χ4n) is 8.29. The largest absolute Gasteiger partial charge is 0.481 e. The van der Waals surface area contributed by atoms with Crippen LogP contribution in [0.4, 0.5) is 0 Å². The molecule has 1 aliphatic carbocycles. The lowest BCUT2D eigenvalue weighted by Crippen LogP contribution is -2.50. The Hall–Kier alpha value is -4.77. The maximum Gasteiger partial charge on any atom is 0.317 e. The van der Waals surface area contributed by atoms with E-state index in [0.29, 0.717) is 83.4 Å².